The first-order chi connectivity index (χ1) is 10.0. The molecule has 2 N–H and O–H groups in total. The van der Waals surface area contributed by atoms with Crippen LogP contribution in [0.25, 0.3) is 0 Å². The number of carbonyl (C=O) groups is 1. The number of fused-ring (bicyclic) bond motifs is 1. The number of urea groups is 1. The van der Waals surface area contributed by atoms with E-state index in [-0.39, 0.29) is 17.9 Å². The van der Waals surface area contributed by atoms with Crippen molar-refractivity contribution in [1.29, 1.82) is 0 Å². The van der Waals surface area contributed by atoms with E-state index in [2.05, 4.69) is 15.6 Å². The number of rotatable bonds is 2. The highest BCUT2D eigenvalue weighted by Crippen LogP contribution is 2.31. The molecule has 2 aromatic rings. The van der Waals surface area contributed by atoms with E-state index in [1.807, 2.05) is 13.8 Å². The van der Waals surface area contributed by atoms with Gasteiger partial charge in [0.25, 0.3) is 0 Å². The van der Waals surface area contributed by atoms with E-state index < -0.39 is 0 Å². The summed E-state index contributed by atoms with van der Waals surface area (Å²) in [7, 11) is 0. The van der Waals surface area contributed by atoms with Gasteiger partial charge in [0.15, 0.2) is 5.13 Å². The van der Waals surface area contributed by atoms with Crippen LogP contribution in [0.15, 0.2) is 18.2 Å². The van der Waals surface area contributed by atoms with Gasteiger partial charge in [0.1, 0.15) is 5.82 Å². The Morgan fingerprint density at radius 2 is 2.24 bits per heavy atom. The zero-order valence-corrected chi connectivity index (χ0v) is 12.7. The first kappa shape index (κ1) is 14.0. The van der Waals surface area contributed by atoms with Gasteiger partial charge in [-0.3, -0.25) is 5.32 Å². The third kappa shape index (κ3) is 2.90. The van der Waals surface area contributed by atoms with Gasteiger partial charge in [-0.15, -0.1) is 11.3 Å². The van der Waals surface area contributed by atoms with Gasteiger partial charge in [0, 0.05) is 4.88 Å². The fourth-order valence-electron chi connectivity index (χ4n) is 2.55. The second-order valence-corrected chi connectivity index (χ2v) is 6.40. The van der Waals surface area contributed by atoms with Crippen LogP contribution in [0.5, 0.6) is 0 Å². The van der Waals surface area contributed by atoms with Gasteiger partial charge in [0.05, 0.1) is 11.7 Å². The molecule has 1 atom stereocenters. The van der Waals surface area contributed by atoms with Crippen molar-refractivity contribution >= 4 is 22.5 Å². The first-order valence-electron chi connectivity index (χ1n) is 6.83. The second-order valence-electron chi connectivity index (χ2n) is 5.19. The molecule has 0 radical (unpaired) electrons. The van der Waals surface area contributed by atoms with Crippen LogP contribution >= 0.6 is 11.3 Å². The van der Waals surface area contributed by atoms with Crippen LogP contribution in [0.3, 0.4) is 0 Å². The quantitative estimate of drug-likeness (QED) is 0.888. The molecule has 1 aromatic carbocycles. The lowest BCUT2D eigenvalue weighted by molar-refractivity contribution is 0.248. The Labute approximate surface area is 126 Å². The molecule has 4 nitrogen and oxygen atoms in total. The molecule has 3 rings (SSSR count). The molecule has 0 saturated carbocycles. The smallest absolute Gasteiger partial charge is 0.321 e. The van der Waals surface area contributed by atoms with Crippen LogP contribution in [0.1, 0.15) is 34.2 Å². The van der Waals surface area contributed by atoms with E-state index in [1.165, 1.54) is 17.4 Å². The lowest BCUT2D eigenvalue weighted by Gasteiger charge is -2.14. The lowest BCUT2D eigenvalue weighted by atomic mass is 10.1. The summed E-state index contributed by atoms with van der Waals surface area (Å²) in [6, 6.07) is 4.39. The number of hydrogen-bond donors (Lipinski definition) is 2. The zero-order valence-electron chi connectivity index (χ0n) is 11.9. The van der Waals surface area contributed by atoms with Gasteiger partial charge >= 0.3 is 6.03 Å². The van der Waals surface area contributed by atoms with Crippen molar-refractivity contribution in [2.75, 3.05) is 5.32 Å². The molecule has 0 bridgehead atoms. The monoisotopic (exact) mass is 305 g/mol. The van der Waals surface area contributed by atoms with Crippen molar-refractivity contribution in [2.24, 2.45) is 0 Å². The topological polar surface area (TPSA) is 54.0 Å². The maximum atomic E-state index is 13.2. The molecule has 110 valence electrons. The average molecular weight is 305 g/mol. The molecule has 0 unspecified atom stereocenters. The number of nitrogens with zero attached hydrogens (tertiary/aromatic N) is 1. The Bertz CT molecular complexity index is 679. The molecule has 1 heterocycles. The molecule has 2 amide bonds. The van der Waals surface area contributed by atoms with Crippen LogP contribution in [0, 0.1) is 19.7 Å². The average Bonchev–Trinajstić information content (AvgIpc) is 2.94. The highest BCUT2D eigenvalue weighted by Gasteiger charge is 2.24. The Kier molecular flexibility index (Phi) is 3.63. The summed E-state index contributed by atoms with van der Waals surface area (Å²) in [4.78, 5) is 17.4. The van der Waals surface area contributed by atoms with Crippen LogP contribution in [0.2, 0.25) is 0 Å². The lowest BCUT2D eigenvalue weighted by Crippen LogP contribution is -2.31. The maximum absolute atomic E-state index is 13.2. The highest BCUT2D eigenvalue weighted by molar-refractivity contribution is 7.15. The number of amides is 2. The molecule has 0 aliphatic heterocycles. The molecule has 21 heavy (non-hydrogen) atoms. The van der Waals surface area contributed by atoms with E-state index >= 15 is 0 Å². The van der Waals surface area contributed by atoms with Crippen LogP contribution < -0.4 is 10.6 Å². The number of halogens is 1. The van der Waals surface area contributed by atoms with Crippen LogP contribution in [-0.4, -0.2) is 11.0 Å². The third-order valence-electron chi connectivity index (χ3n) is 3.74. The zero-order chi connectivity index (χ0) is 15.0. The molecule has 1 aromatic heterocycles. The summed E-state index contributed by atoms with van der Waals surface area (Å²) in [6.07, 6.45) is 1.58. The fourth-order valence-corrected chi connectivity index (χ4v) is 3.36. The summed E-state index contributed by atoms with van der Waals surface area (Å²) >= 11 is 1.46. The Balaban J connectivity index is 1.67. The van der Waals surface area contributed by atoms with E-state index in [0.717, 1.165) is 34.5 Å². The van der Waals surface area contributed by atoms with Gasteiger partial charge in [-0.2, -0.15) is 0 Å². The standard InChI is InChI=1S/C15H16FN3OS/c1-8-9(2)21-15(17-8)19-14(20)18-13-6-3-10-7-11(16)4-5-12(10)13/h4-5,7,13H,3,6H2,1-2H3,(H2,17,18,19,20)/t13-/m0/s1. The van der Waals surface area contributed by atoms with Crippen molar-refractivity contribution in [2.45, 2.75) is 32.7 Å². The summed E-state index contributed by atoms with van der Waals surface area (Å²) < 4.78 is 13.2. The molecule has 1 aliphatic carbocycles. The normalized spacial score (nSPS) is 16.6. The maximum Gasteiger partial charge on any atom is 0.321 e. The molecule has 1 aliphatic rings. The number of anilines is 1. The Hall–Kier alpha value is -1.95. The molecule has 0 saturated heterocycles. The molecule has 6 heteroatoms. The summed E-state index contributed by atoms with van der Waals surface area (Å²) in [6.45, 7) is 3.88. The number of hydrogen-bond acceptors (Lipinski definition) is 3. The van der Waals surface area contributed by atoms with E-state index in [0.29, 0.717) is 5.13 Å². The minimum atomic E-state index is -0.272. The number of thiazole rings is 1. The number of aryl methyl sites for hydroxylation is 3. The fraction of sp³-hybridized carbons (Fsp3) is 0.333. The minimum Gasteiger partial charge on any atom is -0.331 e. The van der Waals surface area contributed by atoms with Gasteiger partial charge in [-0.25, -0.2) is 14.2 Å². The number of aromatic nitrogens is 1. The van der Waals surface area contributed by atoms with E-state index in [1.54, 1.807) is 12.1 Å². The van der Waals surface area contributed by atoms with Crippen molar-refractivity contribution in [3.8, 4) is 0 Å². The van der Waals surface area contributed by atoms with Crippen molar-refractivity contribution < 1.29 is 9.18 Å². The predicted molar refractivity (Wildman–Crippen MR) is 81.2 cm³/mol. The van der Waals surface area contributed by atoms with E-state index in [9.17, 15) is 9.18 Å². The Morgan fingerprint density at radius 3 is 2.95 bits per heavy atom. The first-order valence-corrected chi connectivity index (χ1v) is 7.64. The summed E-state index contributed by atoms with van der Waals surface area (Å²) in [5.74, 6) is -0.229. The van der Waals surface area contributed by atoms with Gasteiger partial charge < -0.3 is 5.32 Å². The molecule has 0 spiro atoms. The highest BCUT2D eigenvalue weighted by atomic mass is 32.1. The minimum absolute atomic E-state index is 0.0669. The van der Waals surface area contributed by atoms with Crippen LogP contribution in [0.4, 0.5) is 14.3 Å². The predicted octanol–water partition coefficient (Wildman–Crippen LogP) is 3.71. The van der Waals surface area contributed by atoms with Crippen molar-refractivity contribution in [3.05, 3.63) is 45.7 Å². The van der Waals surface area contributed by atoms with E-state index in [4.69, 9.17) is 0 Å². The summed E-state index contributed by atoms with van der Waals surface area (Å²) in [5.41, 5.74) is 2.90. The summed E-state index contributed by atoms with van der Waals surface area (Å²) in [5, 5.41) is 6.28. The SMILES string of the molecule is Cc1nc(NC(=O)N[C@H]2CCc3cc(F)ccc32)sc1C. The van der Waals surface area contributed by atoms with Gasteiger partial charge in [-0.1, -0.05) is 6.07 Å². The number of benzene rings is 1. The Morgan fingerprint density at radius 1 is 1.43 bits per heavy atom. The van der Waals surface area contributed by atoms with Gasteiger partial charge in [-0.05, 0) is 49.9 Å². The van der Waals surface area contributed by atoms with Gasteiger partial charge in [0.2, 0.25) is 0 Å². The second kappa shape index (κ2) is 5.44. The third-order valence-corrected chi connectivity index (χ3v) is 4.73. The number of carbonyl (C=O) groups excluding carboxylic acids is 1. The van der Waals surface area contributed by atoms with Crippen molar-refractivity contribution in [3.63, 3.8) is 0 Å². The van der Waals surface area contributed by atoms with Crippen molar-refractivity contribution in [1.82, 2.24) is 10.3 Å². The molecule has 0 fully saturated rings. The molecular formula is C15H16FN3OS. The largest absolute Gasteiger partial charge is 0.331 e. The van der Waals surface area contributed by atoms with Crippen LogP contribution in [-0.2, 0) is 6.42 Å². The number of nitrogens with one attached hydrogen (secondary N) is 2. The molecular weight excluding hydrogens is 289 g/mol.